The lowest BCUT2D eigenvalue weighted by atomic mass is 9.75. The lowest BCUT2D eigenvalue weighted by Gasteiger charge is -2.42. The molecule has 102 valence electrons. The topological polar surface area (TPSA) is 46.5 Å². The molecule has 1 aromatic carbocycles. The number of allylic oxidation sites excluding steroid dienone is 1. The maximum atomic E-state index is 10.7. The Hall–Kier alpha value is -1.61. The molecule has 0 atom stereocenters. The smallest absolute Gasteiger partial charge is 0.330 e. The van der Waals surface area contributed by atoms with E-state index in [1.165, 1.54) is 5.56 Å². The molecule has 0 spiro atoms. The third-order valence-corrected chi connectivity index (χ3v) is 3.79. The van der Waals surface area contributed by atoms with Gasteiger partial charge in [0.2, 0.25) is 0 Å². The number of aliphatic carboxylic acids is 1. The maximum absolute atomic E-state index is 10.7. The van der Waals surface area contributed by atoms with Crippen molar-refractivity contribution in [3.63, 3.8) is 0 Å². The van der Waals surface area contributed by atoms with Crippen LogP contribution in [-0.4, -0.2) is 24.3 Å². The highest BCUT2D eigenvalue weighted by Crippen LogP contribution is 2.37. The van der Waals surface area contributed by atoms with Crippen molar-refractivity contribution in [2.75, 3.05) is 13.2 Å². The molecular weight excluding hydrogens is 240 g/mol. The Morgan fingerprint density at radius 3 is 2.58 bits per heavy atom. The first-order valence-corrected chi connectivity index (χ1v) is 6.67. The van der Waals surface area contributed by atoms with Crippen molar-refractivity contribution in [1.82, 2.24) is 0 Å². The summed E-state index contributed by atoms with van der Waals surface area (Å²) >= 11 is 0. The molecule has 19 heavy (non-hydrogen) atoms. The molecular formula is C16H20O3. The highest BCUT2D eigenvalue weighted by Gasteiger charge is 2.39. The van der Waals surface area contributed by atoms with Crippen LogP contribution in [0.5, 0.6) is 0 Å². The lowest BCUT2D eigenvalue weighted by Crippen LogP contribution is -2.46. The average Bonchev–Trinajstić information content (AvgIpc) is 2.37. The van der Waals surface area contributed by atoms with E-state index in [0.717, 1.165) is 32.5 Å². The summed E-state index contributed by atoms with van der Waals surface area (Å²) in [4.78, 5) is 10.7. The van der Waals surface area contributed by atoms with Crippen molar-refractivity contribution in [2.24, 2.45) is 0 Å². The number of carbonyl (C=O) groups is 1. The van der Waals surface area contributed by atoms with Gasteiger partial charge in [0.15, 0.2) is 0 Å². The molecule has 0 radical (unpaired) electrons. The summed E-state index contributed by atoms with van der Waals surface area (Å²) in [5.41, 5.74) is 1.91. The van der Waals surface area contributed by atoms with E-state index in [-0.39, 0.29) is 5.41 Å². The van der Waals surface area contributed by atoms with Crippen molar-refractivity contribution in [3.05, 3.63) is 47.5 Å². The minimum Gasteiger partial charge on any atom is -0.478 e. The van der Waals surface area contributed by atoms with Gasteiger partial charge in [-0.05, 0) is 31.7 Å². The second-order valence-corrected chi connectivity index (χ2v) is 5.22. The zero-order valence-corrected chi connectivity index (χ0v) is 11.3. The second kappa shape index (κ2) is 6.02. The highest BCUT2D eigenvalue weighted by atomic mass is 16.5. The molecule has 3 heteroatoms. The molecule has 2 rings (SSSR count). The summed E-state index contributed by atoms with van der Waals surface area (Å²) in [5.74, 6) is -0.829. The number of rotatable bonds is 6. The molecule has 1 aromatic rings. The largest absolute Gasteiger partial charge is 0.478 e. The number of unbranched alkanes of at least 4 members (excludes halogenated alkanes) is 1. The van der Waals surface area contributed by atoms with Crippen LogP contribution in [-0.2, 0) is 14.9 Å². The minimum absolute atomic E-state index is 0.145. The van der Waals surface area contributed by atoms with Gasteiger partial charge in [-0.25, -0.2) is 4.79 Å². The van der Waals surface area contributed by atoms with Gasteiger partial charge in [-0.3, -0.25) is 0 Å². The summed E-state index contributed by atoms with van der Waals surface area (Å²) in [6.45, 7) is 3.19. The molecule has 0 aliphatic carbocycles. The van der Waals surface area contributed by atoms with E-state index >= 15 is 0 Å². The van der Waals surface area contributed by atoms with Gasteiger partial charge in [-0.2, -0.15) is 0 Å². The molecule has 1 fully saturated rings. The SMILES string of the molecule is CC(=CCCCC1(c2ccccc2)COC1)C(=O)O. The Morgan fingerprint density at radius 2 is 2.05 bits per heavy atom. The fraction of sp³-hybridized carbons (Fsp3) is 0.438. The van der Waals surface area contributed by atoms with Crippen molar-refractivity contribution in [3.8, 4) is 0 Å². The number of carboxylic acid groups (broad SMARTS) is 1. The van der Waals surface area contributed by atoms with Gasteiger partial charge < -0.3 is 9.84 Å². The predicted molar refractivity (Wildman–Crippen MR) is 74.2 cm³/mol. The van der Waals surface area contributed by atoms with E-state index in [9.17, 15) is 4.79 Å². The van der Waals surface area contributed by atoms with Crippen LogP contribution in [0.1, 0.15) is 31.7 Å². The van der Waals surface area contributed by atoms with E-state index in [0.29, 0.717) is 5.57 Å². The minimum atomic E-state index is -0.829. The van der Waals surface area contributed by atoms with Crippen LogP contribution >= 0.6 is 0 Å². The highest BCUT2D eigenvalue weighted by molar-refractivity contribution is 5.85. The van der Waals surface area contributed by atoms with Crippen molar-refractivity contribution < 1.29 is 14.6 Å². The molecule has 1 saturated heterocycles. The summed E-state index contributed by atoms with van der Waals surface area (Å²) in [5, 5.41) is 8.79. The second-order valence-electron chi connectivity index (χ2n) is 5.22. The van der Waals surface area contributed by atoms with Gasteiger partial charge in [0, 0.05) is 11.0 Å². The molecule has 3 nitrogen and oxygen atoms in total. The Labute approximate surface area is 113 Å². The quantitative estimate of drug-likeness (QED) is 0.631. The number of carboxylic acids is 1. The van der Waals surface area contributed by atoms with E-state index in [1.807, 2.05) is 6.07 Å². The molecule has 0 unspecified atom stereocenters. The normalized spacial score (nSPS) is 17.8. The first-order chi connectivity index (χ1) is 9.14. The van der Waals surface area contributed by atoms with Gasteiger partial charge in [0.1, 0.15) is 0 Å². The number of ether oxygens (including phenoxy) is 1. The third-order valence-electron chi connectivity index (χ3n) is 3.79. The standard InChI is InChI=1S/C16H20O3/c1-13(15(17)18)7-5-6-10-16(11-19-12-16)14-8-3-2-4-9-14/h2-4,7-9H,5-6,10-12H2,1H3,(H,17,18). The van der Waals surface area contributed by atoms with Gasteiger partial charge in [0.25, 0.3) is 0 Å². The number of benzene rings is 1. The van der Waals surface area contributed by atoms with E-state index in [1.54, 1.807) is 13.0 Å². The van der Waals surface area contributed by atoms with Crippen LogP contribution < -0.4 is 0 Å². The molecule has 1 aliphatic rings. The monoisotopic (exact) mass is 260 g/mol. The Balaban J connectivity index is 1.91. The van der Waals surface area contributed by atoms with Crippen molar-refractivity contribution in [2.45, 2.75) is 31.6 Å². The van der Waals surface area contributed by atoms with Crippen LogP contribution in [0.3, 0.4) is 0 Å². The molecule has 0 bridgehead atoms. The first kappa shape index (κ1) is 13.8. The summed E-state index contributed by atoms with van der Waals surface area (Å²) < 4.78 is 5.40. The van der Waals surface area contributed by atoms with Crippen LogP contribution in [0.25, 0.3) is 0 Å². The summed E-state index contributed by atoms with van der Waals surface area (Å²) in [6, 6.07) is 10.4. The molecule has 1 heterocycles. The van der Waals surface area contributed by atoms with Crippen LogP contribution in [0.15, 0.2) is 42.0 Å². The zero-order chi connectivity index (χ0) is 13.7. The van der Waals surface area contributed by atoms with Gasteiger partial charge in [-0.15, -0.1) is 0 Å². The Bertz CT molecular complexity index is 458. The molecule has 1 aliphatic heterocycles. The first-order valence-electron chi connectivity index (χ1n) is 6.67. The number of hydrogen-bond acceptors (Lipinski definition) is 2. The summed E-state index contributed by atoms with van der Waals surface area (Å²) in [6.07, 6.45) is 4.65. The van der Waals surface area contributed by atoms with Gasteiger partial charge in [0.05, 0.1) is 13.2 Å². The Morgan fingerprint density at radius 1 is 1.37 bits per heavy atom. The van der Waals surface area contributed by atoms with E-state index in [4.69, 9.17) is 9.84 Å². The van der Waals surface area contributed by atoms with E-state index in [2.05, 4.69) is 24.3 Å². The van der Waals surface area contributed by atoms with Crippen molar-refractivity contribution >= 4 is 5.97 Å². The molecule has 0 amide bonds. The number of hydrogen-bond donors (Lipinski definition) is 1. The summed E-state index contributed by atoms with van der Waals surface area (Å²) in [7, 11) is 0. The fourth-order valence-electron chi connectivity index (χ4n) is 2.44. The lowest BCUT2D eigenvalue weighted by molar-refractivity contribution is -0.132. The van der Waals surface area contributed by atoms with Crippen LogP contribution in [0.4, 0.5) is 0 Å². The van der Waals surface area contributed by atoms with Crippen molar-refractivity contribution in [1.29, 1.82) is 0 Å². The van der Waals surface area contributed by atoms with Gasteiger partial charge >= 0.3 is 5.97 Å². The fourth-order valence-corrected chi connectivity index (χ4v) is 2.44. The molecule has 0 saturated carbocycles. The average molecular weight is 260 g/mol. The van der Waals surface area contributed by atoms with Crippen LogP contribution in [0.2, 0.25) is 0 Å². The molecule has 0 aromatic heterocycles. The Kier molecular flexibility index (Phi) is 4.38. The predicted octanol–water partition coefficient (Wildman–Crippen LogP) is 3.16. The third kappa shape index (κ3) is 3.24. The van der Waals surface area contributed by atoms with E-state index < -0.39 is 5.97 Å². The molecule has 1 N–H and O–H groups in total. The zero-order valence-electron chi connectivity index (χ0n) is 11.3. The van der Waals surface area contributed by atoms with Gasteiger partial charge in [-0.1, -0.05) is 36.4 Å². The van der Waals surface area contributed by atoms with Crippen LogP contribution in [0, 0.1) is 0 Å². The maximum Gasteiger partial charge on any atom is 0.330 e.